The fourth-order valence-electron chi connectivity index (χ4n) is 2.10. The first-order valence-corrected chi connectivity index (χ1v) is 7.40. The van der Waals surface area contributed by atoms with Gasteiger partial charge in [-0.2, -0.15) is 0 Å². The molecule has 1 aromatic carbocycles. The van der Waals surface area contributed by atoms with Gasteiger partial charge in [-0.3, -0.25) is 0 Å². The molecule has 0 aliphatic rings. The Balaban J connectivity index is 2.65. The number of aryl methyl sites for hydroxylation is 1. The van der Waals surface area contributed by atoms with Crippen LogP contribution in [-0.2, 0) is 6.42 Å². The van der Waals surface area contributed by atoms with Gasteiger partial charge in [0.2, 0.25) is 0 Å². The van der Waals surface area contributed by atoms with E-state index in [-0.39, 0.29) is 6.61 Å². The highest BCUT2D eigenvalue weighted by molar-refractivity contribution is 5.64. The molecule has 0 radical (unpaired) electrons. The molecule has 0 aromatic heterocycles. The lowest BCUT2D eigenvalue weighted by Crippen LogP contribution is -2.36. The second kappa shape index (κ2) is 8.90. The van der Waals surface area contributed by atoms with Gasteiger partial charge in [0.25, 0.3) is 0 Å². The molecule has 20 heavy (non-hydrogen) atoms. The minimum Gasteiger partial charge on any atom is -0.395 e. The van der Waals surface area contributed by atoms with E-state index in [0.717, 1.165) is 17.6 Å². The Morgan fingerprint density at radius 2 is 1.90 bits per heavy atom. The molecule has 0 fully saturated rings. The van der Waals surface area contributed by atoms with Gasteiger partial charge < -0.3 is 15.9 Å². The third-order valence-electron chi connectivity index (χ3n) is 3.55. The first-order chi connectivity index (χ1) is 9.58. The predicted molar refractivity (Wildman–Crippen MR) is 84.4 cm³/mol. The van der Waals surface area contributed by atoms with Crippen LogP contribution in [0.5, 0.6) is 0 Å². The van der Waals surface area contributed by atoms with Crippen molar-refractivity contribution in [1.29, 1.82) is 0 Å². The third-order valence-corrected chi connectivity index (χ3v) is 3.55. The van der Waals surface area contributed by atoms with Crippen molar-refractivity contribution in [3.8, 4) is 0 Å². The Labute approximate surface area is 122 Å². The molecule has 3 heteroatoms. The van der Waals surface area contributed by atoms with E-state index in [9.17, 15) is 5.11 Å². The first-order valence-electron chi connectivity index (χ1n) is 7.40. The van der Waals surface area contributed by atoms with Crippen LogP contribution in [0.4, 0.5) is 0 Å². The zero-order chi connectivity index (χ0) is 15.0. The molecule has 2 atom stereocenters. The molecule has 2 unspecified atom stereocenters. The SMILES string of the molecule is CCCCCc1ccc(C(C)=CC(O)C(N)CO)cc1. The Hall–Kier alpha value is -1.16. The van der Waals surface area contributed by atoms with Gasteiger partial charge in [-0.1, -0.05) is 50.1 Å². The van der Waals surface area contributed by atoms with Crippen molar-refractivity contribution in [3.63, 3.8) is 0 Å². The topological polar surface area (TPSA) is 66.5 Å². The van der Waals surface area contributed by atoms with Gasteiger partial charge in [-0.05, 0) is 36.5 Å². The largest absolute Gasteiger partial charge is 0.395 e. The molecule has 0 spiro atoms. The highest BCUT2D eigenvalue weighted by Crippen LogP contribution is 2.17. The maximum atomic E-state index is 9.79. The van der Waals surface area contributed by atoms with Crippen molar-refractivity contribution in [2.24, 2.45) is 5.73 Å². The summed E-state index contributed by atoms with van der Waals surface area (Å²) in [6, 6.07) is 7.80. The molecule has 0 saturated carbocycles. The summed E-state index contributed by atoms with van der Waals surface area (Å²) in [6.07, 6.45) is 5.75. The summed E-state index contributed by atoms with van der Waals surface area (Å²) >= 11 is 0. The number of aliphatic hydroxyl groups excluding tert-OH is 2. The molecular formula is C17H27NO2. The van der Waals surface area contributed by atoms with E-state index in [1.165, 1.54) is 24.8 Å². The van der Waals surface area contributed by atoms with Crippen LogP contribution in [0.15, 0.2) is 30.3 Å². The molecule has 0 amide bonds. The van der Waals surface area contributed by atoms with Crippen LogP contribution in [0, 0.1) is 0 Å². The molecule has 0 heterocycles. The van der Waals surface area contributed by atoms with Gasteiger partial charge >= 0.3 is 0 Å². The van der Waals surface area contributed by atoms with Crippen LogP contribution in [0.2, 0.25) is 0 Å². The number of aliphatic hydroxyl groups is 2. The fourth-order valence-corrected chi connectivity index (χ4v) is 2.10. The Morgan fingerprint density at radius 3 is 2.45 bits per heavy atom. The van der Waals surface area contributed by atoms with Gasteiger partial charge in [0, 0.05) is 0 Å². The van der Waals surface area contributed by atoms with Crippen molar-refractivity contribution < 1.29 is 10.2 Å². The Morgan fingerprint density at radius 1 is 1.25 bits per heavy atom. The van der Waals surface area contributed by atoms with E-state index in [1.807, 2.05) is 6.92 Å². The highest BCUT2D eigenvalue weighted by atomic mass is 16.3. The number of hydrogen-bond donors (Lipinski definition) is 3. The van der Waals surface area contributed by atoms with E-state index in [0.29, 0.717) is 0 Å². The number of rotatable bonds is 8. The maximum Gasteiger partial charge on any atom is 0.0900 e. The molecule has 0 saturated heterocycles. The molecular weight excluding hydrogens is 250 g/mol. The average molecular weight is 277 g/mol. The zero-order valence-electron chi connectivity index (χ0n) is 12.5. The van der Waals surface area contributed by atoms with Crippen molar-refractivity contribution in [1.82, 2.24) is 0 Å². The van der Waals surface area contributed by atoms with Gasteiger partial charge in [0.05, 0.1) is 18.8 Å². The summed E-state index contributed by atoms with van der Waals surface area (Å²) in [4.78, 5) is 0. The first kappa shape index (κ1) is 16.9. The minimum atomic E-state index is -0.816. The Kier molecular flexibility index (Phi) is 7.52. The summed E-state index contributed by atoms with van der Waals surface area (Å²) in [5, 5.41) is 18.7. The van der Waals surface area contributed by atoms with Crippen LogP contribution in [-0.4, -0.2) is 29.0 Å². The van der Waals surface area contributed by atoms with Crippen molar-refractivity contribution in [3.05, 3.63) is 41.5 Å². The van der Waals surface area contributed by atoms with E-state index in [1.54, 1.807) is 6.08 Å². The van der Waals surface area contributed by atoms with Crippen LogP contribution in [0.1, 0.15) is 44.2 Å². The average Bonchev–Trinajstić information content (AvgIpc) is 2.47. The second-order valence-electron chi connectivity index (χ2n) is 5.34. The molecule has 0 aliphatic heterocycles. The monoisotopic (exact) mass is 277 g/mol. The maximum absolute atomic E-state index is 9.79. The number of benzene rings is 1. The van der Waals surface area contributed by atoms with E-state index in [2.05, 4.69) is 31.2 Å². The number of unbranched alkanes of at least 4 members (excludes halogenated alkanes) is 2. The van der Waals surface area contributed by atoms with E-state index in [4.69, 9.17) is 10.8 Å². The van der Waals surface area contributed by atoms with Gasteiger partial charge in [-0.25, -0.2) is 0 Å². The fraction of sp³-hybridized carbons (Fsp3) is 0.529. The summed E-state index contributed by atoms with van der Waals surface area (Å²) in [7, 11) is 0. The molecule has 112 valence electrons. The van der Waals surface area contributed by atoms with Crippen LogP contribution in [0.25, 0.3) is 5.57 Å². The number of hydrogen-bond acceptors (Lipinski definition) is 3. The summed E-state index contributed by atoms with van der Waals surface area (Å²) < 4.78 is 0. The quantitative estimate of drug-likeness (QED) is 0.640. The van der Waals surface area contributed by atoms with Crippen LogP contribution in [0.3, 0.4) is 0 Å². The molecule has 3 nitrogen and oxygen atoms in total. The molecule has 1 rings (SSSR count). The van der Waals surface area contributed by atoms with Crippen molar-refractivity contribution in [2.75, 3.05) is 6.61 Å². The minimum absolute atomic E-state index is 0.221. The zero-order valence-corrected chi connectivity index (χ0v) is 12.5. The van der Waals surface area contributed by atoms with Gasteiger partial charge in [0.15, 0.2) is 0 Å². The lowest BCUT2D eigenvalue weighted by molar-refractivity contribution is 0.144. The van der Waals surface area contributed by atoms with Gasteiger partial charge in [0.1, 0.15) is 0 Å². The molecule has 0 bridgehead atoms. The number of nitrogens with two attached hydrogens (primary N) is 1. The molecule has 4 N–H and O–H groups in total. The second-order valence-corrected chi connectivity index (χ2v) is 5.34. The third kappa shape index (κ3) is 5.45. The van der Waals surface area contributed by atoms with Crippen molar-refractivity contribution in [2.45, 2.75) is 51.7 Å². The molecule has 1 aromatic rings. The normalized spacial score (nSPS) is 15.2. The van der Waals surface area contributed by atoms with E-state index < -0.39 is 12.1 Å². The summed E-state index contributed by atoms with van der Waals surface area (Å²) in [6.45, 7) is 3.93. The lowest BCUT2D eigenvalue weighted by Gasteiger charge is -2.14. The van der Waals surface area contributed by atoms with Crippen LogP contribution >= 0.6 is 0 Å². The highest BCUT2D eigenvalue weighted by Gasteiger charge is 2.11. The van der Waals surface area contributed by atoms with Crippen molar-refractivity contribution >= 4 is 5.57 Å². The Bertz CT molecular complexity index is 412. The predicted octanol–water partition coefficient (Wildman–Crippen LogP) is 2.50. The standard InChI is InChI=1S/C17H27NO2/c1-3-4-5-6-14-7-9-15(10-8-14)13(2)11-17(20)16(18)12-19/h7-11,16-17,19-20H,3-6,12,18H2,1-2H3. The smallest absolute Gasteiger partial charge is 0.0900 e. The molecule has 0 aliphatic carbocycles. The summed E-state index contributed by atoms with van der Waals surface area (Å²) in [5.74, 6) is 0. The number of allylic oxidation sites excluding steroid dienone is 1. The van der Waals surface area contributed by atoms with Gasteiger partial charge in [-0.15, -0.1) is 0 Å². The lowest BCUT2D eigenvalue weighted by atomic mass is 10.00. The summed E-state index contributed by atoms with van der Waals surface area (Å²) in [5.41, 5.74) is 8.99. The van der Waals surface area contributed by atoms with E-state index >= 15 is 0 Å². The van der Waals surface area contributed by atoms with Crippen LogP contribution < -0.4 is 5.73 Å².